The minimum atomic E-state index is -0.642. The van der Waals surface area contributed by atoms with Gasteiger partial charge in [-0.15, -0.1) is 0 Å². The molecule has 0 saturated carbocycles. The standard InChI is InChI=1S/C14H18N2O2/c1-9-3-4-11(10(2)7-9)5-6-16-13(17)8-12(15)14(16)18/h3-4,7,12H,5-6,8,15H2,1-2H3. The van der Waals surface area contributed by atoms with E-state index >= 15 is 0 Å². The molecule has 0 aliphatic carbocycles. The van der Waals surface area contributed by atoms with Crippen molar-refractivity contribution in [2.45, 2.75) is 32.7 Å². The molecule has 1 aliphatic heterocycles. The van der Waals surface area contributed by atoms with Gasteiger partial charge in [-0.25, -0.2) is 0 Å². The van der Waals surface area contributed by atoms with Gasteiger partial charge in [0.2, 0.25) is 11.8 Å². The number of nitrogens with zero attached hydrogens (tertiary/aromatic N) is 1. The van der Waals surface area contributed by atoms with Gasteiger partial charge < -0.3 is 5.73 Å². The summed E-state index contributed by atoms with van der Waals surface area (Å²) < 4.78 is 0. The quantitative estimate of drug-likeness (QED) is 0.807. The van der Waals surface area contributed by atoms with Gasteiger partial charge in [-0.05, 0) is 31.4 Å². The second-order valence-electron chi connectivity index (χ2n) is 4.87. The van der Waals surface area contributed by atoms with Crippen LogP contribution in [0.5, 0.6) is 0 Å². The average Bonchev–Trinajstić information content (AvgIpc) is 2.53. The number of aryl methyl sites for hydroxylation is 2. The first-order valence-corrected chi connectivity index (χ1v) is 6.15. The molecule has 1 fully saturated rings. The zero-order chi connectivity index (χ0) is 13.3. The monoisotopic (exact) mass is 246 g/mol. The second kappa shape index (κ2) is 4.90. The molecule has 2 amide bonds. The van der Waals surface area contributed by atoms with Crippen LogP contribution < -0.4 is 5.73 Å². The Bertz CT molecular complexity index is 497. The third-order valence-corrected chi connectivity index (χ3v) is 3.38. The number of amides is 2. The molecule has 4 heteroatoms. The van der Waals surface area contributed by atoms with Gasteiger partial charge in [0.05, 0.1) is 12.5 Å². The molecule has 0 aromatic heterocycles. The molecule has 0 radical (unpaired) electrons. The lowest BCUT2D eigenvalue weighted by Crippen LogP contribution is -2.36. The Morgan fingerprint density at radius 3 is 2.61 bits per heavy atom. The molecule has 2 rings (SSSR count). The second-order valence-corrected chi connectivity index (χ2v) is 4.87. The maximum Gasteiger partial charge on any atom is 0.246 e. The molecule has 1 aromatic carbocycles. The van der Waals surface area contributed by atoms with E-state index in [-0.39, 0.29) is 18.2 Å². The number of carbonyl (C=O) groups is 2. The lowest BCUT2D eigenvalue weighted by molar-refractivity contribution is -0.138. The Morgan fingerprint density at radius 2 is 2.06 bits per heavy atom. The predicted octanol–water partition coefficient (Wildman–Crippen LogP) is 0.932. The fourth-order valence-electron chi connectivity index (χ4n) is 2.30. The maximum absolute atomic E-state index is 11.7. The van der Waals surface area contributed by atoms with Crippen molar-refractivity contribution in [3.8, 4) is 0 Å². The Labute approximate surface area is 107 Å². The van der Waals surface area contributed by atoms with Crippen molar-refractivity contribution >= 4 is 11.8 Å². The number of benzene rings is 1. The number of nitrogens with two attached hydrogens (primary N) is 1. The van der Waals surface area contributed by atoms with E-state index in [1.54, 1.807) is 0 Å². The van der Waals surface area contributed by atoms with Gasteiger partial charge in [0.1, 0.15) is 0 Å². The van der Waals surface area contributed by atoms with E-state index in [9.17, 15) is 9.59 Å². The van der Waals surface area contributed by atoms with E-state index in [0.29, 0.717) is 13.0 Å². The van der Waals surface area contributed by atoms with Crippen LogP contribution in [0.15, 0.2) is 18.2 Å². The maximum atomic E-state index is 11.7. The molecule has 96 valence electrons. The summed E-state index contributed by atoms with van der Waals surface area (Å²) in [4.78, 5) is 24.5. The van der Waals surface area contributed by atoms with Crippen LogP contribution >= 0.6 is 0 Å². The fraction of sp³-hybridized carbons (Fsp3) is 0.429. The number of hydrogen-bond donors (Lipinski definition) is 1. The van der Waals surface area contributed by atoms with Crippen LogP contribution in [0, 0.1) is 13.8 Å². The highest BCUT2D eigenvalue weighted by Crippen LogP contribution is 2.15. The Balaban J connectivity index is 2.04. The summed E-state index contributed by atoms with van der Waals surface area (Å²) in [7, 11) is 0. The summed E-state index contributed by atoms with van der Waals surface area (Å²) in [5.41, 5.74) is 9.14. The first kappa shape index (κ1) is 12.8. The van der Waals surface area contributed by atoms with Gasteiger partial charge in [-0.3, -0.25) is 14.5 Å². The van der Waals surface area contributed by atoms with Crippen molar-refractivity contribution in [2.24, 2.45) is 5.73 Å². The molecule has 1 heterocycles. The van der Waals surface area contributed by atoms with Crippen molar-refractivity contribution < 1.29 is 9.59 Å². The van der Waals surface area contributed by atoms with Crippen LogP contribution in [-0.4, -0.2) is 29.3 Å². The number of rotatable bonds is 3. The Kier molecular flexibility index (Phi) is 3.48. The van der Waals surface area contributed by atoms with E-state index in [1.165, 1.54) is 21.6 Å². The number of likely N-dealkylation sites (tertiary alicyclic amines) is 1. The van der Waals surface area contributed by atoms with Crippen LogP contribution in [0.1, 0.15) is 23.1 Å². The van der Waals surface area contributed by atoms with Gasteiger partial charge in [-0.1, -0.05) is 23.8 Å². The van der Waals surface area contributed by atoms with Gasteiger partial charge in [0, 0.05) is 6.54 Å². The van der Waals surface area contributed by atoms with Gasteiger partial charge in [-0.2, -0.15) is 0 Å². The van der Waals surface area contributed by atoms with Gasteiger partial charge in [0.15, 0.2) is 0 Å². The Morgan fingerprint density at radius 1 is 1.33 bits per heavy atom. The van der Waals surface area contributed by atoms with Crippen molar-refractivity contribution in [3.63, 3.8) is 0 Å². The summed E-state index contributed by atoms with van der Waals surface area (Å²) in [6.07, 6.45) is 0.835. The van der Waals surface area contributed by atoms with Gasteiger partial charge in [0.25, 0.3) is 0 Å². The van der Waals surface area contributed by atoms with E-state index in [0.717, 1.165) is 0 Å². The van der Waals surface area contributed by atoms with Crippen molar-refractivity contribution in [3.05, 3.63) is 34.9 Å². The molecular formula is C14H18N2O2. The molecule has 1 aliphatic rings. The fourth-order valence-corrected chi connectivity index (χ4v) is 2.30. The largest absolute Gasteiger partial charge is 0.319 e. The third-order valence-electron chi connectivity index (χ3n) is 3.38. The normalized spacial score (nSPS) is 19.7. The zero-order valence-corrected chi connectivity index (χ0v) is 10.8. The van der Waals surface area contributed by atoms with E-state index in [4.69, 9.17) is 5.73 Å². The van der Waals surface area contributed by atoms with Crippen LogP contribution in [0.2, 0.25) is 0 Å². The van der Waals surface area contributed by atoms with Crippen LogP contribution in [0.4, 0.5) is 0 Å². The highest BCUT2D eigenvalue weighted by Gasteiger charge is 2.35. The molecule has 1 aromatic rings. The predicted molar refractivity (Wildman–Crippen MR) is 68.9 cm³/mol. The van der Waals surface area contributed by atoms with E-state index in [2.05, 4.69) is 12.1 Å². The average molecular weight is 246 g/mol. The summed E-state index contributed by atoms with van der Waals surface area (Å²) in [5, 5.41) is 0. The highest BCUT2D eigenvalue weighted by atomic mass is 16.2. The summed E-state index contributed by atoms with van der Waals surface area (Å²) >= 11 is 0. The molecule has 1 unspecified atom stereocenters. The smallest absolute Gasteiger partial charge is 0.246 e. The van der Waals surface area contributed by atoms with Crippen molar-refractivity contribution in [1.29, 1.82) is 0 Å². The molecule has 1 saturated heterocycles. The van der Waals surface area contributed by atoms with Gasteiger partial charge >= 0.3 is 0 Å². The Hall–Kier alpha value is -1.68. The van der Waals surface area contributed by atoms with Crippen LogP contribution in [0.3, 0.4) is 0 Å². The first-order valence-electron chi connectivity index (χ1n) is 6.15. The third kappa shape index (κ3) is 2.43. The topological polar surface area (TPSA) is 63.4 Å². The molecule has 0 bridgehead atoms. The lowest BCUT2D eigenvalue weighted by atomic mass is 10.0. The van der Waals surface area contributed by atoms with Crippen LogP contribution in [0.25, 0.3) is 0 Å². The minimum Gasteiger partial charge on any atom is -0.319 e. The number of imide groups is 1. The lowest BCUT2D eigenvalue weighted by Gasteiger charge is -2.15. The molecule has 18 heavy (non-hydrogen) atoms. The molecule has 4 nitrogen and oxygen atoms in total. The molecule has 2 N–H and O–H groups in total. The number of carbonyl (C=O) groups excluding carboxylic acids is 2. The summed E-state index contributed by atoms with van der Waals surface area (Å²) in [6, 6.07) is 5.56. The van der Waals surface area contributed by atoms with Crippen LogP contribution in [-0.2, 0) is 16.0 Å². The molecule has 1 atom stereocenters. The van der Waals surface area contributed by atoms with E-state index in [1.807, 2.05) is 19.9 Å². The van der Waals surface area contributed by atoms with E-state index < -0.39 is 6.04 Å². The SMILES string of the molecule is Cc1ccc(CCN2C(=O)CC(N)C2=O)c(C)c1. The number of hydrogen-bond acceptors (Lipinski definition) is 3. The van der Waals surface area contributed by atoms with Crippen molar-refractivity contribution in [2.75, 3.05) is 6.54 Å². The highest BCUT2D eigenvalue weighted by molar-refractivity contribution is 6.05. The molecule has 0 spiro atoms. The summed E-state index contributed by atoms with van der Waals surface area (Å²) in [5.74, 6) is -0.401. The zero-order valence-electron chi connectivity index (χ0n) is 10.8. The molecular weight excluding hydrogens is 228 g/mol. The summed E-state index contributed by atoms with van der Waals surface area (Å²) in [6.45, 7) is 4.51. The van der Waals surface area contributed by atoms with Crippen molar-refractivity contribution in [1.82, 2.24) is 4.90 Å². The minimum absolute atomic E-state index is 0.145. The first-order chi connectivity index (χ1) is 8.49.